The Kier molecular flexibility index (Phi) is 8.36. The highest BCUT2D eigenvalue weighted by atomic mass is 16.6. The number of benzene rings is 2. The van der Waals surface area contributed by atoms with Crippen LogP contribution in [0.15, 0.2) is 42.5 Å². The van der Waals surface area contributed by atoms with Crippen LogP contribution in [0.1, 0.15) is 36.0 Å². The highest BCUT2D eigenvalue weighted by molar-refractivity contribution is 5.82. The van der Waals surface area contributed by atoms with E-state index in [0.29, 0.717) is 25.1 Å². The molecule has 1 aliphatic heterocycles. The summed E-state index contributed by atoms with van der Waals surface area (Å²) in [6, 6.07) is 12.9. The first-order valence-corrected chi connectivity index (χ1v) is 10.9. The molecule has 172 valence electrons. The summed E-state index contributed by atoms with van der Waals surface area (Å²) >= 11 is 0. The van der Waals surface area contributed by atoms with E-state index in [9.17, 15) is 9.59 Å². The molecule has 0 N–H and O–H groups in total. The van der Waals surface area contributed by atoms with Gasteiger partial charge in [-0.05, 0) is 55.4 Å². The average Bonchev–Trinajstić information content (AvgIpc) is 3.30. The lowest BCUT2D eigenvalue weighted by molar-refractivity contribution is -0.148. The first kappa shape index (κ1) is 23.4. The van der Waals surface area contributed by atoms with Crippen LogP contribution >= 0.6 is 0 Å². The van der Waals surface area contributed by atoms with Gasteiger partial charge in [-0.1, -0.05) is 36.4 Å². The topological polar surface area (TPSA) is 74.3 Å². The molecule has 1 atom stereocenters. The number of hydrogen-bond donors (Lipinski definition) is 0. The van der Waals surface area contributed by atoms with Crippen LogP contribution in [0.5, 0.6) is 11.5 Å². The Morgan fingerprint density at radius 1 is 1.03 bits per heavy atom. The van der Waals surface area contributed by atoms with Gasteiger partial charge in [-0.2, -0.15) is 0 Å². The van der Waals surface area contributed by atoms with E-state index in [1.165, 1.54) is 4.90 Å². The zero-order chi connectivity index (χ0) is 22.9. The molecule has 7 heteroatoms. The number of carbonyl (C=O) groups excluding carboxylic acids is 2. The molecule has 1 amide bonds. The molecular weight excluding hydrogens is 410 g/mol. The first-order valence-electron chi connectivity index (χ1n) is 10.9. The van der Waals surface area contributed by atoms with Gasteiger partial charge in [-0.25, -0.2) is 9.59 Å². The van der Waals surface area contributed by atoms with Crippen molar-refractivity contribution in [1.82, 2.24) is 4.90 Å². The second-order valence-corrected chi connectivity index (χ2v) is 7.81. The van der Waals surface area contributed by atoms with Crippen molar-refractivity contribution in [3.63, 3.8) is 0 Å². The molecule has 1 fully saturated rings. The molecule has 1 aliphatic rings. The SMILES string of the molecule is COc1cc(CCCOC(=O)[C@@H]2CCCN2C(=O)OCc2ccccc2)cc(C)c1OC. The Balaban J connectivity index is 1.46. The molecule has 0 saturated carbocycles. The van der Waals surface area contributed by atoms with Crippen molar-refractivity contribution >= 4 is 12.1 Å². The van der Waals surface area contributed by atoms with Gasteiger partial charge in [-0.3, -0.25) is 4.90 Å². The lowest BCUT2D eigenvalue weighted by atomic mass is 10.1. The van der Waals surface area contributed by atoms with Crippen LogP contribution in [-0.2, 0) is 27.3 Å². The quantitative estimate of drug-likeness (QED) is 0.427. The van der Waals surface area contributed by atoms with Crippen molar-refractivity contribution in [3.05, 3.63) is 59.2 Å². The zero-order valence-electron chi connectivity index (χ0n) is 19.0. The Morgan fingerprint density at radius 3 is 2.53 bits per heavy atom. The Morgan fingerprint density at radius 2 is 1.81 bits per heavy atom. The molecule has 3 rings (SSSR count). The molecule has 2 aromatic carbocycles. The van der Waals surface area contributed by atoms with Crippen molar-refractivity contribution in [2.24, 2.45) is 0 Å². The summed E-state index contributed by atoms with van der Waals surface area (Å²) in [5, 5.41) is 0. The van der Waals surface area contributed by atoms with Crippen LogP contribution in [-0.4, -0.2) is 50.4 Å². The third kappa shape index (κ3) is 5.93. The van der Waals surface area contributed by atoms with Crippen LogP contribution in [0.25, 0.3) is 0 Å². The van der Waals surface area contributed by atoms with Gasteiger partial charge in [0.1, 0.15) is 12.6 Å². The molecule has 7 nitrogen and oxygen atoms in total. The number of nitrogens with zero attached hydrogens (tertiary/aromatic N) is 1. The number of carbonyl (C=O) groups is 2. The lowest BCUT2D eigenvalue weighted by Crippen LogP contribution is -2.41. The molecule has 0 spiro atoms. The summed E-state index contributed by atoms with van der Waals surface area (Å²) < 4.78 is 21.6. The van der Waals surface area contributed by atoms with E-state index in [-0.39, 0.29) is 19.2 Å². The summed E-state index contributed by atoms with van der Waals surface area (Å²) in [4.78, 5) is 26.5. The average molecular weight is 442 g/mol. The minimum absolute atomic E-state index is 0.183. The predicted octanol–water partition coefficient (Wildman–Crippen LogP) is 4.29. The molecule has 1 saturated heterocycles. The normalized spacial score (nSPS) is 15.3. The molecule has 2 aromatic rings. The lowest BCUT2D eigenvalue weighted by Gasteiger charge is -2.22. The minimum Gasteiger partial charge on any atom is -0.493 e. The first-order chi connectivity index (χ1) is 15.5. The van der Waals surface area contributed by atoms with Crippen LogP contribution in [0, 0.1) is 6.92 Å². The van der Waals surface area contributed by atoms with Crippen LogP contribution in [0.3, 0.4) is 0 Å². The Labute approximate surface area is 189 Å². The summed E-state index contributed by atoms with van der Waals surface area (Å²) in [5.41, 5.74) is 2.99. The van der Waals surface area contributed by atoms with Crippen molar-refractivity contribution < 1.29 is 28.5 Å². The van der Waals surface area contributed by atoms with Crippen molar-refractivity contribution in [2.75, 3.05) is 27.4 Å². The van der Waals surface area contributed by atoms with E-state index in [1.54, 1.807) is 14.2 Å². The van der Waals surface area contributed by atoms with E-state index >= 15 is 0 Å². The molecule has 0 radical (unpaired) electrons. The molecular formula is C25H31NO6. The van der Waals surface area contributed by atoms with Gasteiger partial charge in [0.25, 0.3) is 0 Å². The van der Waals surface area contributed by atoms with Crippen molar-refractivity contribution in [3.8, 4) is 11.5 Å². The minimum atomic E-state index is -0.582. The molecule has 0 bridgehead atoms. The Bertz CT molecular complexity index is 914. The highest BCUT2D eigenvalue weighted by Gasteiger charge is 2.36. The van der Waals surface area contributed by atoms with Gasteiger partial charge < -0.3 is 18.9 Å². The van der Waals surface area contributed by atoms with E-state index in [4.69, 9.17) is 18.9 Å². The maximum atomic E-state index is 12.6. The van der Waals surface area contributed by atoms with Crippen molar-refractivity contribution in [2.45, 2.75) is 45.3 Å². The number of likely N-dealkylation sites (tertiary alicyclic amines) is 1. The van der Waals surface area contributed by atoms with E-state index in [1.807, 2.05) is 49.4 Å². The fourth-order valence-electron chi connectivity index (χ4n) is 3.95. The zero-order valence-corrected chi connectivity index (χ0v) is 19.0. The van der Waals surface area contributed by atoms with Crippen LogP contribution in [0.4, 0.5) is 4.79 Å². The molecule has 0 unspecified atom stereocenters. The smallest absolute Gasteiger partial charge is 0.410 e. The molecule has 0 aliphatic carbocycles. The standard InChI is InChI=1S/C25H31NO6/c1-18-15-20(16-22(29-2)23(18)30-3)11-8-14-31-24(27)21-12-7-13-26(21)25(28)32-17-19-9-5-4-6-10-19/h4-6,9-10,15-16,21H,7-8,11-14,17H2,1-3H3/t21-/m0/s1. The number of hydrogen-bond acceptors (Lipinski definition) is 6. The summed E-state index contributed by atoms with van der Waals surface area (Å²) in [6.45, 7) is 2.94. The van der Waals surface area contributed by atoms with E-state index in [0.717, 1.165) is 35.3 Å². The summed E-state index contributed by atoms with van der Waals surface area (Å²) in [7, 11) is 3.23. The van der Waals surface area contributed by atoms with Crippen LogP contribution < -0.4 is 9.47 Å². The van der Waals surface area contributed by atoms with E-state index < -0.39 is 12.1 Å². The molecule has 0 aromatic heterocycles. The number of methoxy groups -OCH3 is 2. The Hall–Kier alpha value is -3.22. The van der Waals surface area contributed by atoms with Gasteiger partial charge in [-0.15, -0.1) is 0 Å². The largest absolute Gasteiger partial charge is 0.493 e. The fraction of sp³-hybridized carbons (Fsp3) is 0.440. The number of ether oxygens (including phenoxy) is 4. The van der Waals surface area contributed by atoms with Gasteiger partial charge in [0, 0.05) is 6.54 Å². The molecule has 32 heavy (non-hydrogen) atoms. The third-order valence-corrected chi connectivity index (χ3v) is 5.54. The molecule has 1 heterocycles. The number of amides is 1. The van der Waals surface area contributed by atoms with Crippen LogP contribution in [0.2, 0.25) is 0 Å². The van der Waals surface area contributed by atoms with Gasteiger partial charge in [0.2, 0.25) is 0 Å². The van der Waals surface area contributed by atoms with Gasteiger partial charge >= 0.3 is 12.1 Å². The summed E-state index contributed by atoms with van der Waals surface area (Å²) in [6.07, 6.45) is 2.28. The monoisotopic (exact) mass is 441 g/mol. The van der Waals surface area contributed by atoms with E-state index in [2.05, 4.69) is 0 Å². The number of aryl methyl sites for hydroxylation is 2. The highest BCUT2D eigenvalue weighted by Crippen LogP contribution is 2.32. The fourth-order valence-corrected chi connectivity index (χ4v) is 3.95. The van der Waals surface area contributed by atoms with Crippen molar-refractivity contribution in [1.29, 1.82) is 0 Å². The second-order valence-electron chi connectivity index (χ2n) is 7.81. The number of rotatable bonds is 9. The predicted molar refractivity (Wildman–Crippen MR) is 120 cm³/mol. The maximum absolute atomic E-state index is 12.6. The number of esters is 1. The maximum Gasteiger partial charge on any atom is 0.410 e. The van der Waals surface area contributed by atoms with Gasteiger partial charge in [0.15, 0.2) is 11.5 Å². The van der Waals surface area contributed by atoms with Gasteiger partial charge in [0.05, 0.1) is 20.8 Å². The second kappa shape index (κ2) is 11.4. The summed E-state index contributed by atoms with van der Waals surface area (Å²) in [5.74, 6) is 1.04. The third-order valence-electron chi connectivity index (χ3n) is 5.54.